The highest BCUT2D eigenvalue weighted by Gasteiger charge is 2.43. The summed E-state index contributed by atoms with van der Waals surface area (Å²) >= 11 is 0. The van der Waals surface area contributed by atoms with Crippen LogP contribution in [0.4, 0.5) is 0 Å². The van der Waals surface area contributed by atoms with Crippen LogP contribution in [0.1, 0.15) is 201 Å². The van der Waals surface area contributed by atoms with Gasteiger partial charge < -0.3 is 99.9 Å². The number of aromatic hydroxyl groups is 6. The number of phenolic OH excluding ortho intramolecular Hbond substituents is 6. The van der Waals surface area contributed by atoms with Crippen molar-refractivity contribution in [3.8, 4) is 86.2 Å². The normalized spacial score (nSPS) is 21.6. The molecule has 20 heteroatoms. The van der Waals surface area contributed by atoms with Crippen molar-refractivity contribution in [3.63, 3.8) is 0 Å². The van der Waals surface area contributed by atoms with Gasteiger partial charge in [0.15, 0.2) is 57.5 Å². The van der Waals surface area contributed by atoms with Crippen LogP contribution in [0.25, 0.3) is 0 Å². The van der Waals surface area contributed by atoms with E-state index in [1.54, 1.807) is 88.3 Å². The van der Waals surface area contributed by atoms with Gasteiger partial charge in [-0.3, -0.25) is 0 Å². The molecule has 0 aromatic heterocycles. The van der Waals surface area contributed by atoms with Crippen molar-refractivity contribution in [3.05, 3.63) is 260 Å². The Morgan fingerprint density at radius 2 is 0.378 bits per heavy atom. The third-order valence-electron chi connectivity index (χ3n) is 27.1. The second kappa shape index (κ2) is 34.0. The van der Waals surface area contributed by atoms with E-state index in [9.17, 15) is 30.6 Å². The lowest BCUT2D eigenvalue weighted by Gasteiger charge is -2.40. The predicted octanol–water partition coefficient (Wildman–Crippen LogP) is 16.0. The third kappa shape index (κ3) is 15.4. The van der Waals surface area contributed by atoms with Gasteiger partial charge in [0.25, 0.3) is 0 Å². The number of nitrogens with one attached hydrogen (secondary N) is 5. The summed E-state index contributed by atoms with van der Waals surface area (Å²) in [5, 5.41) is 77.5. The molecule has 0 amide bonds. The third-order valence-corrected chi connectivity index (χ3v) is 27.1. The lowest BCUT2D eigenvalue weighted by atomic mass is 9.72. The van der Waals surface area contributed by atoms with Crippen molar-refractivity contribution >= 4 is 0 Å². The number of fused-ring (bicyclic) bond motifs is 25. The smallest absolute Gasteiger partial charge is 0.161 e. The van der Waals surface area contributed by atoms with Gasteiger partial charge in [0.05, 0.1) is 64.0 Å². The minimum Gasteiger partial charge on any atom is -0.508 e. The number of hydrogen-bond donors (Lipinski definition) is 11. The SMILES string of the molecule is COc1cc2c(cc1C)[C@@H]1c3cc(OC)c(OC)cc3CC[C@H]1NC2.COc1cc2c(cc1C)[C@@H]1c3cc(OC)c(OC)cc3CC[C@H]1NC2.COc1cc2c(cc1C)[C@@H]1c3cc(OC)c(OC)cc3CC[C@H]1NC2.Cc1cc2c(cc1O)CN[C@@H]1CCc3cc(O)c(O)cc3[C@@H]21.Cc1cc2c(cc1O)CN[C@H]1CCc3cc(O)c(O)cc3[C@H]21. The van der Waals surface area contributed by atoms with E-state index in [0.29, 0.717) is 59.5 Å². The summed E-state index contributed by atoms with van der Waals surface area (Å²) in [5.41, 5.74) is 30.6. The van der Waals surface area contributed by atoms with E-state index in [0.717, 1.165) is 193 Å². The Kier molecular flexibility index (Phi) is 23.4. The molecule has 0 radical (unpaired) electrons. The number of benzene rings is 10. The largest absolute Gasteiger partial charge is 0.508 e. The van der Waals surface area contributed by atoms with Gasteiger partial charge in [0, 0.05) is 92.5 Å². The molecule has 5 aliphatic carbocycles. The summed E-state index contributed by atoms with van der Waals surface area (Å²) in [4.78, 5) is 0. The Labute approximate surface area is 698 Å². The molecule has 11 N–H and O–H groups in total. The highest BCUT2D eigenvalue weighted by atomic mass is 16.5. The van der Waals surface area contributed by atoms with Crippen molar-refractivity contribution in [2.45, 2.75) is 191 Å². The Bertz CT molecular complexity index is 4960. The standard InChI is InChI=1S/3C21H25NO3.2C18H19NO3/c3*1-12-7-15-14(9-18(12)23-2)11-22-17-6-5-13-8-19(24-3)20(25-4)10-16(13)21(15)17;2*1-9-4-12-11(6-15(9)20)8-19-14-3-2-10-5-16(21)17(22)7-13(10)18(12)14/h3*7-10,17,21-22H,5-6,11H2,1-4H3;2*4-7,14,18-22H,2-3,8H2,1H3/t3*17-,21-;2*14-,18-/m11110/s1. The average Bonchev–Trinajstić information content (AvgIpc) is 0.766. The maximum atomic E-state index is 9.95. The number of hydrogen-bond acceptors (Lipinski definition) is 20. The second-order valence-corrected chi connectivity index (χ2v) is 33.6. The topological polar surface area (TPSA) is 265 Å². The van der Waals surface area contributed by atoms with Gasteiger partial charge in [-0.05, 0) is 329 Å². The molecule has 119 heavy (non-hydrogen) atoms. The van der Waals surface area contributed by atoms with Crippen molar-refractivity contribution < 1.29 is 73.3 Å². The fraction of sp³-hybridized carbons (Fsp3) is 0.394. The average molecular weight is 1610 g/mol. The molecule has 624 valence electrons. The van der Waals surface area contributed by atoms with Crippen LogP contribution < -0.4 is 69.2 Å². The van der Waals surface area contributed by atoms with Gasteiger partial charge in [-0.25, -0.2) is 0 Å². The monoisotopic (exact) mass is 1610 g/mol. The van der Waals surface area contributed by atoms with E-state index in [1.807, 2.05) is 26.0 Å². The van der Waals surface area contributed by atoms with Gasteiger partial charge in [-0.15, -0.1) is 0 Å². The maximum absolute atomic E-state index is 9.95. The zero-order chi connectivity index (χ0) is 83.5. The highest BCUT2D eigenvalue weighted by Crippen LogP contribution is 2.53. The van der Waals surface area contributed by atoms with E-state index in [4.69, 9.17) is 42.6 Å². The highest BCUT2D eigenvalue weighted by molar-refractivity contribution is 5.63. The number of phenols is 6. The minimum atomic E-state index is -0.0676. The van der Waals surface area contributed by atoms with Crippen molar-refractivity contribution in [2.75, 3.05) is 64.0 Å². The first-order chi connectivity index (χ1) is 57.6. The molecule has 5 heterocycles. The van der Waals surface area contributed by atoms with Gasteiger partial charge in [0.1, 0.15) is 28.7 Å². The van der Waals surface area contributed by atoms with Crippen LogP contribution in [-0.4, -0.2) is 125 Å². The van der Waals surface area contributed by atoms with Gasteiger partial charge in [0.2, 0.25) is 0 Å². The van der Waals surface area contributed by atoms with E-state index < -0.39 is 0 Å². The molecule has 20 nitrogen and oxygen atoms in total. The molecule has 0 saturated carbocycles. The molecular formula is C99H113N5O15. The second-order valence-electron chi connectivity index (χ2n) is 33.6. The van der Waals surface area contributed by atoms with Crippen molar-refractivity contribution in [1.29, 1.82) is 0 Å². The molecule has 0 saturated heterocycles. The summed E-state index contributed by atoms with van der Waals surface area (Å²) < 4.78 is 49.8. The van der Waals surface area contributed by atoms with Crippen LogP contribution in [-0.2, 0) is 64.8 Å². The fourth-order valence-electron chi connectivity index (χ4n) is 21.0. The predicted molar refractivity (Wildman–Crippen MR) is 461 cm³/mol. The van der Waals surface area contributed by atoms with Gasteiger partial charge in [-0.1, -0.05) is 30.3 Å². The summed E-state index contributed by atoms with van der Waals surface area (Å²) in [6.45, 7) is 14.4. The zero-order valence-electron chi connectivity index (χ0n) is 70.8. The molecule has 10 aliphatic rings. The Morgan fingerprint density at radius 1 is 0.202 bits per heavy atom. The van der Waals surface area contributed by atoms with Gasteiger partial charge in [-0.2, -0.15) is 0 Å². The summed E-state index contributed by atoms with van der Waals surface area (Å²) in [6.07, 6.45) is 10.4. The van der Waals surface area contributed by atoms with Crippen LogP contribution in [0.3, 0.4) is 0 Å². The molecule has 10 aromatic carbocycles. The van der Waals surface area contributed by atoms with Crippen LogP contribution in [0.5, 0.6) is 86.2 Å². The van der Waals surface area contributed by atoms with Crippen molar-refractivity contribution in [1.82, 2.24) is 26.6 Å². The lowest BCUT2D eigenvalue weighted by Crippen LogP contribution is -2.42. The molecule has 10 atom stereocenters. The van der Waals surface area contributed by atoms with E-state index >= 15 is 0 Å². The van der Waals surface area contributed by atoms with E-state index in [1.165, 1.54) is 94.6 Å². The lowest BCUT2D eigenvalue weighted by molar-refractivity contribution is 0.348. The van der Waals surface area contributed by atoms with Crippen LogP contribution in [0.2, 0.25) is 0 Å². The molecular weight excluding hydrogens is 1500 g/mol. The van der Waals surface area contributed by atoms with Crippen LogP contribution in [0.15, 0.2) is 121 Å². The number of aryl methyl sites for hydroxylation is 10. The summed E-state index contributed by atoms with van der Waals surface area (Å²) in [5.74, 6) is 9.48. The number of ether oxygens (including phenoxy) is 9. The Morgan fingerprint density at radius 3 is 0.622 bits per heavy atom. The van der Waals surface area contributed by atoms with E-state index in [-0.39, 0.29) is 34.8 Å². The van der Waals surface area contributed by atoms with Crippen LogP contribution >= 0.6 is 0 Å². The molecule has 0 fully saturated rings. The molecule has 0 unspecified atom stereocenters. The molecule has 5 aliphatic heterocycles. The molecule has 10 aromatic rings. The fourth-order valence-corrected chi connectivity index (χ4v) is 21.0. The quantitative estimate of drug-likeness (QED) is 0.0600. The number of methoxy groups -OCH3 is 9. The molecule has 0 bridgehead atoms. The summed E-state index contributed by atoms with van der Waals surface area (Å²) in [7, 11) is 15.4. The maximum Gasteiger partial charge on any atom is 0.161 e. The zero-order valence-corrected chi connectivity index (χ0v) is 70.8. The van der Waals surface area contributed by atoms with Crippen LogP contribution in [0, 0.1) is 34.6 Å². The number of rotatable bonds is 9. The summed E-state index contributed by atoms with van der Waals surface area (Å²) in [6, 6.07) is 43.0. The minimum absolute atomic E-state index is 0.0527. The Balaban J connectivity index is 0.000000111. The molecule has 0 spiro atoms. The molecule has 20 rings (SSSR count). The Hall–Kier alpha value is -11.0. The first-order valence-electron chi connectivity index (χ1n) is 41.7. The van der Waals surface area contributed by atoms with E-state index in [2.05, 4.69) is 132 Å². The first-order valence-corrected chi connectivity index (χ1v) is 41.7. The van der Waals surface area contributed by atoms with Crippen molar-refractivity contribution in [2.24, 2.45) is 0 Å². The van der Waals surface area contributed by atoms with Gasteiger partial charge >= 0.3 is 0 Å². The first kappa shape index (κ1) is 81.7.